The van der Waals surface area contributed by atoms with Crippen LogP contribution in [-0.2, 0) is 6.54 Å². The van der Waals surface area contributed by atoms with Crippen LogP contribution in [0.2, 0.25) is 0 Å². The Hall–Kier alpha value is -3.08. The van der Waals surface area contributed by atoms with E-state index in [1.165, 1.54) is 5.56 Å². The molecule has 0 spiro atoms. The molecule has 0 saturated carbocycles. The lowest BCUT2D eigenvalue weighted by Crippen LogP contribution is -2.40. The van der Waals surface area contributed by atoms with Crippen LogP contribution < -0.4 is 5.32 Å². The molecule has 2 aromatic carbocycles. The summed E-state index contributed by atoms with van der Waals surface area (Å²) < 4.78 is 0. The molecule has 1 unspecified atom stereocenters. The molecule has 0 fully saturated rings. The van der Waals surface area contributed by atoms with Crippen molar-refractivity contribution >= 4 is 5.96 Å². The summed E-state index contributed by atoms with van der Waals surface area (Å²) >= 11 is 0. The second kappa shape index (κ2) is 9.03. The molecule has 5 heteroatoms. The van der Waals surface area contributed by atoms with Gasteiger partial charge in [-0.05, 0) is 17.0 Å². The maximum absolute atomic E-state index is 4.51. The number of imidazole rings is 1. The van der Waals surface area contributed by atoms with Crippen molar-refractivity contribution in [1.29, 1.82) is 0 Å². The Morgan fingerprint density at radius 3 is 2.44 bits per heavy atom. The van der Waals surface area contributed by atoms with E-state index in [1.54, 1.807) is 0 Å². The zero-order chi connectivity index (χ0) is 19.1. The predicted molar refractivity (Wildman–Crippen MR) is 112 cm³/mol. The third-order valence-corrected chi connectivity index (χ3v) is 4.61. The van der Waals surface area contributed by atoms with Gasteiger partial charge in [0.25, 0.3) is 0 Å². The summed E-state index contributed by atoms with van der Waals surface area (Å²) in [7, 11) is 3.83. The molecule has 0 aliphatic carbocycles. The lowest BCUT2D eigenvalue weighted by Gasteiger charge is -2.23. The SMILES string of the molecule is CN=C(NCC(C)c1ccccc1)N(C)Cc1ncc(-c2ccccc2)[nH]1. The maximum Gasteiger partial charge on any atom is 0.193 e. The predicted octanol–water partition coefficient (Wildman–Crippen LogP) is 3.89. The molecule has 0 amide bonds. The van der Waals surface area contributed by atoms with Gasteiger partial charge in [-0.15, -0.1) is 0 Å². The Bertz CT molecular complexity index is 855. The van der Waals surface area contributed by atoms with E-state index in [2.05, 4.69) is 68.5 Å². The van der Waals surface area contributed by atoms with E-state index in [1.807, 2.05) is 44.6 Å². The van der Waals surface area contributed by atoms with Gasteiger partial charge in [0, 0.05) is 20.6 Å². The first kappa shape index (κ1) is 18.7. The minimum atomic E-state index is 0.407. The van der Waals surface area contributed by atoms with E-state index < -0.39 is 0 Å². The highest BCUT2D eigenvalue weighted by atomic mass is 15.3. The Kier molecular flexibility index (Phi) is 6.26. The molecule has 1 heterocycles. The van der Waals surface area contributed by atoms with Crippen LogP contribution >= 0.6 is 0 Å². The van der Waals surface area contributed by atoms with Crippen LogP contribution in [-0.4, -0.2) is 41.5 Å². The smallest absolute Gasteiger partial charge is 0.193 e. The average molecular weight is 361 g/mol. The van der Waals surface area contributed by atoms with Crippen molar-refractivity contribution in [2.75, 3.05) is 20.6 Å². The van der Waals surface area contributed by atoms with Gasteiger partial charge in [0.15, 0.2) is 5.96 Å². The number of nitrogens with zero attached hydrogens (tertiary/aromatic N) is 3. The zero-order valence-corrected chi connectivity index (χ0v) is 16.2. The van der Waals surface area contributed by atoms with Crippen LogP contribution in [0, 0.1) is 0 Å². The summed E-state index contributed by atoms with van der Waals surface area (Å²) in [5.41, 5.74) is 3.49. The van der Waals surface area contributed by atoms with Crippen LogP contribution in [0.5, 0.6) is 0 Å². The Labute approximate surface area is 161 Å². The number of nitrogens with one attached hydrogen (secondary N) is 2. The average Bonchev–Trinajstić information content (AvgIpc) is 3.18. The molecule has 1 aromatic heterocycles. The number of rotatable bonds is 6. The van der Waals surface area contributed by atoms with Crippen LogP contribution in [0.15, 0.2) is 71.9 Å². The fraction of sp³-hybridized carbons (Fsp3) is 0.273. The van der Waals surface area contributed by atoms with Crippen molar-refractivity contribution in [1.82, 2.24) is 20.2 Å². The quantitative estimate of drug-likeness (QED) is 0.517. The molecule has 0 radical (unpaired) electrons. The van der Waals surface area contributed by atoms with Gasteiger partial charge in [-0.1, -0.05) is 67.6 Å². The molecular formula is C22H27N5. The second-order valence-electron chi connectivity index (χ2n) is 6.71. The highest BCUT2D eigenvalue weighted by molar-refractivity contribution is 5.79. The number of aromatic amines is 1. The van der Waals surface area contributed by atoms with Crippen LogP contribution in [0.25, 0.3) is 11.3 Å². The van der Waals surface area contributed by atoms with Crippen molar-refractivity contribution in [2.24, 2.45) is 4.99 Å². The van der Waals surface area contributed by atoms with Crippen LogP contribution in [0.4, 0.5) is 0 Å². The molecule has 5 nitrogen and oxygen atoms in total. The van der Waals surface area contributed by atoms with Crippen molar-refractivity contribution in [2.45, 2.75) is 19.4 Å². The number of aromatic nitrogens is 2. The van der Waals surface area contributed by atoms with Gasteiger partial charge in [0.05, 0.1) is 18.4 Å². The molecule has 0 bridgehead atoms. The molecule has 140 valence electrons. The first-order chi connectivity index (χ1) is 13.2. The Morgan fingerprint density at radius 2 is 1.78 bits per heavy atom. The van der Waals surface area contributed by atoms with E-state index in [0.717, 1.165) is 29.6 Å². The summed E-state index contributed by atoms with van der Waals surface area (Å²) in [5.74, 6) is 2.18. The highest BCUT2D eigenvalue weighted by Gasteiger charge is 2.12. The third-order valence-electron chi connectivity index (χ3n) is 4.61. The fourth-order valence-corrected chi connectivity index (χ4v) is 3.04. The summed E-state index contributed by atoms with van der Waals surface area (Å²) in [6, 6.07) is 20.7. The van der Waals surface area contributed by atoms with Gasteiger partial charge < -0.3 is 15.2 Å². The summed E-state index contributed by atoms with van der Waals surface area (Å²) in [5, 5.41) is 3.46. The minimum absolute atomic E-state index is 0.407. The minimum Gasteiger partial charge on any atom is -0.356 e. The van der Waals surface area contributed by atoms with E-state index >= 15 is 0 Å². The maximum atomic E-state index is 4.51. The highest BCUT2D eigenvalue weighted by Crippen LogP contribution is 2.17. The number of H-pyrrole nitrogens is 1. The molecular weight excluding hydrogens is 334 g/mol. The van der Waals surface area contributed by atoms with Crippen molar-refractivity contribution in [3.05, 3.63) is 78.2 Å². The first-order valence-electron chi connectivity index (χ1n) is 9.23. The number of hydrogen-bond donors (Lipinski definition) is 2. The standard InChI is InChI=1S/C22H27N5/c1-17(18-10-6-4-7-11-18)14-25-22(23-2)27(3)16-21-24-15-20(26-21)19-12-8-5-9-13-19/h4-13,15,17H,14,16H2,1-3H3,(H,23,25)(H,24,26). The van der Waals surface area contributed by atoms with Gasteiger partial charge >= 0.3 is 0 Å². The molecule has 0 aliphatic heterocycles. The van der Waals surface area contributed by atoms with E-state index in [9.17, 15) is 0 Å². The van der Waals surface area contributed by atoms with Gasteiger partial charge in [0.2, 0.25) is 0 Å². The van der Waals surface area contributed by atoms with Gasteiger partial charge in [-0.25, -0.2) is 4.98 Å². The van der Waals surface area contributed by atoms with Crippen molar-refractivity contribution in [3.8, 4) is 11.3 Å². The summed E-state index contributed by atoms with van der Waals surface area (Å²) in [4.78, 5) is 14.4. The number of benzene rings is 2. The lowest BCUT2D eigenvalue weighted by molar-refractivity contribution is 0.461. The van der Waals surface area contributed by atoms with Gasteiger partial charge in [-0.3, -0.25) is 4.99 Å². The van der Waals surface area contributed by atoms with E-state index in [0.29, 0.717) is 12.5 Å². The molecule has 3 aromatic rings. The number of guanidine groups is 1. The molecule has 0 aliphatic rings. The van der Waals surface area contributed by atoms with E-state index in [4.69, 9.17) is 0 Å². The van der Waals surface area contributed by atoms with Crippen LogP contribution in [0.3, 0.4) is 0 Å². The number of aliphatic imine (C=N–C) groups is 1. The largest absolute Gasteiger partial charge is 0.356 e. The fourth-order valence-electron chi connectivity index (χ4n) is 3.04. The van der Waals surface area contributed by atoms with Crippen molar-refractivity contribution < 1.29 is 0 Å². The molecule has 1 atom stereocenters. The van der Waals surface area contributed by atoms with E-state index in [-0.39, 0.29) is 0 Å². The Balaban J connectivity index is 1.57. The molecule has 27 heavy (non-hydrogen) atoms. The summed E-state index contributed by atoms with van der Waals surface area (Å²) in [6.07, 6.45) is 1.88. The second-order valence-corrected chi connectivity index (χ2v) is 6.71. The van der Waals surface area contributed by atoms with Gasteiger partial charge in [-0.2, -0.15) is 0 Å². The first-order valence-corrected chi connectivity index (χ1v) is 9.23. The molecule has 0 saturated heterocycles. The number of hydrogen-bond acceptors (Lipinski definition) is 2. The topological polar surface area (TPSA) is 56.3 Å². The zero-order valence-electron chi connectivity index (χ0n) is 16.2. The monoisotopic (exact) mass is 361 g/mol. The van der Waals surface area contributed by atoms with Gasteiger partial charge in [0.1, 0.15) is 5.82 Å². The lowest BCUT2D eigenvalue weighted by atomic mass is 10.0. The normalized spacial score (nSPS) is 12.6. The summed E-state index contributed by atoms with van der Waals surface area (Å²) in [6.45, 7) is 3.70. The third kappa shape index (κ3) is 4.97. The van der Waals surface area contributed by atoms with Crippen molar-refractivity contribution in [3.63, 3.8) is 0 Å². The van der Waals surface area contributed by atoms with Crippen LogP contribution in [0.1, 0.15) is 24.2 Å². The molecule has 2 N–H and O–H groups in total. The Morgan fingerprint density at radius 1 is 1.11 bits per heavy atom. The molecule has 3 rings (SSSR count).